The number of rotatable bonds is 7. The number of carbonyl (C=O) groups is 1. The molecule has 5 rings (SSSR count). The van der Waals surface area contributed by atoms with Crippen molar-refractivity contribution in [1.29, 1.82) is 0 Å². The van der Waals surface area contributed by atoms with E-state index in [0.717, 1.165) is 56.1 Å². The summed E-state index contributed by atoms with van der Waals surface area (Å²) in [6.45, 7) is 3.55. The molecule has 0 N–H and O–H groups in total. The van der Waals surface area contributed by atoms with Crippen molar-refractivity contribution in [2.75, 3.05) is 40.4 Å². The largest absolute Gasteiger partial charge is 0.416 e. The third kappa shape index (κ3) is 6.38. The Morgan fingerprint density at radius 1 is 1.20 bits per heavy atom. The first-order valence-electron chi connectivity index (χ1n) is 12.9. The number of aromatic nitrogens is 2. The predicted molar refractivity (Wildman–Crippen MR) is 152 cm³/mol. The van der Waals surface area contributed by atoms with Gasteiger partial charge in [-0.25, -0.2) is 0 Å². The normalized spacial score (nSPS) is 18.2. The van der Waals surface area contributed by atoms with Crippen LogP contribution in [-0.4, -0.2) is 77.1 Å². The Labute approximate surface area is 239 Å². The van der Waals surface area contributed by atoms with E-state index >= 15 is 0 Å². The van der Waals surface area contributed by atoms with Crippen molar-refractivity contribution in [3.8, 4) is 0 Å². The number of hydrogen-bond acceptors (Lipinski definition) is 6. The van der Waals surface area contributed by atoms with Crippen molar-refractivity contribution in [3.63, 3.8) is 0 Å². The summed E-state index contributed by atoms with van der Waals surface area (Å²) in [6, 6.07) is 9.56. The van der Waals surface area contributed by atoms with Crippen LogP contribution in [-0.2, 0) is 22.3 Å². The van der Waals surface area contributed by atoms with Gasteiger partial charge in [-0.15, -0.1) is 0 Å². The zero-order chi connectivity index (χ0) is 28.4. The molecular weight excluding hydrogens is 563 g/mol. The summed E-state index contributed by atoms with van der Waals surface area (Å²) >= 11 is 7.18. The van der Waals surface area contributed by atoms with Crippen LogP contribution < -0.4 is 0 Å². The van der Waals surface area contributed by atoms with Gasteiger partial charge in [0.2, 0.25) is 0 Å². The van der Waals surface area contributed by atoms with Crippen LogP contribution >= 0.6 is 23.4 Å². The number of benzene rings is 2. The first kappa shape index (κ1) is 28.7. The van der Waals surface area contributed by atoms with Crippen molar-refractivity contribution in [3.05, 3.63) is 69.2 Å². The standard InChI is InChI=1S/C28H29ClF3N5O2S/c1-35(22-7-9-36(10-8-22)11-12-39-2)27-34-26(38)25(40-27)14-18-3-6-24-20(13-18)16-33-37(24)17-19-4-5-21(29)15-23(19)28(30,31)32/h3-6,13-16,22H,7-12,17H2,1-2H3/b25-14-. The zero-order valence-electron chi connectivity index (χ0n) is 22.1. The van der Waals surface area contributed by atoms with Crippen LogP contribution in [0.15, 0.2) is 52.5 Å². The second kappa shape index (κ2) is 11.9. The number of halogens is 4. The Hall–Kier alpha value is -2.86. The van der Waals surface area contributed by atoms with Crippen molar-refractivity contribution >= 4 is 51.4 Å². The Balaban J connectivity index is 1.27. The summed E-state index contributed by atoms with van der Waals surface area (Å²) in [6.07, 6.45) is 0.869. The zero-order valence-corrected chi connectivity index (χ0v) is 23.7. The van der Waals surface area contributed by atoms with Crippen molar-refractivity contribution < 1.29 is 22.7 Å². The molecule has 0 unspecified atom stereocenters. The van der Waals surface area contributed by atoms with Gasteiger partial charge < -0.3 is 14.5 Å². The number of alkyl halides is 3. The van der Waals surface area contributed by atoms with Gasteiger partial charge in [-0.05, 0) is 66.1 Å². The Bertz CT molecular complexity index is 1460. The Morgan fingerprint density at radius 2 is 1.98 bits per heavy atom. The highest BCUT2D eigenvalue weighted by Crippen LogP contribution is 2.35. The van der Waals surface area contributed by atoms with Crippen LogP contribution in [0.1, 0.15) is 29.5 Å². The van der Waals surface area contributed by atoms with Gasteiger partial charge in [-0.1, -0.05) is 23.7 Å². The number of thioether (sulfide) groups is 1. The first-order valence-corrected chi connectivity index (χ1v) is 14.1. The highest BCUT2D eigenvalue weighted by molar-refractivity contribution is 8.18. The summed E-state index contributed by atoms with van der Waals surface area (Å²) in [5.74, 6) is -0.275. The average Bonchev–Trinajstić information content (AvgIpc) is 3.50. The SMILES string of the molecule is COCCN1CCC(N(C)C2=NC(=O)/C(=C/c3ccc4c(cnn4Cc4ccc(Cl)cc4C(F)(F)F)c3)S2)CC1. The molecule has 2 aliphatic heterocycles. The molecule has 1 aromatic heterocycles. The van der Waals surface area contributed by atoms with Crippen LogP contribution in [0.2, 0.25) is 5.02 Å². The number of methoxy groups -OCH3 is 1. The number of amidine groups is 1. The van der Waals surface area contributed by atoms with Crippen LogP contribution in [0.25, 0.3) is 17.0 Å². The maximum absolute atomic E-state index is 13.5. The molecule has 40 heavy (non-hydrogen) atoms. The summed E-state index contributed by atoms with van der Waals surface area (Å²) in [7, 11) is 3.70. The van der Waals surface area contributed by atoms with Crippen LogP contribution in [0.5, 0.6) is 0 Å². The van der Waals surface area contributed by atoms with Crippen molar-refractivity contribution in [1.82, 2.24) is 19.6 Å². The number of likely N-dealkylation sites (tertiary alicyclic amines) is 1. The molecule has 0 radical (unpaired) electrons. The molecule has 0 spiro atoms. The van der Waals surface area contributed by atoms with E-state index in [-0.39, 0.29) is 23.0 Å². The fourth-order valence-electron chi connectivity index (χ4n) is 5.04. The molecule has 1 amide bonds. The molecule has 0 saturated carbocycles. The van der Waals surface area contributed by atoms with Crippen LogP contribution in [0, 0.1) is 0 Å². The Morgan fingerprint density at radius 3 is 2.70 bits per heavy atom. The third-order valence-corrected chi connectivity index (χ3v) is 8.60. The van der Waals surface area contributed by atoms with Crippen LogP contribution in [0.4, 0.5) is 13.2 Å². The lowest BCUT2D eigenvalue weighted by molar-refractivity contribution is -0.138. The molecule has 12 heteroatoms. The molecule has 7 nitrogen and oxygen atoms in total. The molecule has 0 aliphatic carbocycles. The molecular formula is C28H29ClF3N5O2S. The van der Waals surface area contributed by atoms with Gasteiger partial charge >= 0.3 is 6.18 Å². The highest BCUT2D eigenvalue weighted by Gasteiger charge is 2.34. The van der Waals surface area contributed by atoms with Gasteiger partial charge in [0.15, 0.2) is 5.17 Å². The lowest BCUT2D eigenvalue weighted by Crippen LogP contribution is -2.45. The molecule has 3 heterocycles. The van der Waals surface area contributed by atoms with E-state index in [4.69, 9.17) is 16.3 Å². The van der Waals surface area contributed by atoms with Gasteiger partial charge in [-0.3, -0.25) is 9.48 Å². The second-order valence-electron chi connectivity index (χ2n) is 9.91. The van der Waals surface area contributed by atoms with E-state index in [1.165, 1.54) is 28.6 Å². The monoisotopic (exact) mass is 591 g/mol. The molecule has 3 aromatic rings. The van der Waals surface area contributed by atoms with E-state index in [1.54, 1.807) is 25.4 Å². The minimum Gasteiger partial charge on any atom is -0.383 e. The smallest absolute Gasteiger partial charge is 0.383 e. The van der Waals surface area contributed by atoms with E-state index in [1.807, 2.05) is 19.2 Å². The van der Waals surface area contributed by atoms with Gasteiger partial charge in [0.1, 0.15) is 0 Å². The van der Waals surface area contributed by atoms with E-state index in [9.17, 15) is 18.0 Å². The van der Waals surface area contributed by atoms with Crippen molar-refractivity contribution in [2.24, 2.45) is 4.99 Å². The first-order chi connectivity index (χ1) is 19.1. The fraction of sp³-hybridized carbons (Fsp3) is 0.393. The number of amides is 1. The summed E-state index contributed by atoms with van der Waals surface area (Å²) in [4.78, 5) is 22.0. The number of fused-ring (bicyclic) bond motifs is 1. The van der Waals surface area contributed by atoms with E-state index < -0.39 is 11.7 Å². The second-order valence-corrected chi connectivity index (χ2v) is 11.4. The number of nitrogens with zero attached hydrogens (tertiary/aromatic N) is 5. The molecule has 0 bridgehead atoms. The molecule has 1 saturated heterocycles. The number of piperidine rings is 1. The van der Waals surface area contributed by atoms with Gasteiger partial charge in [0, 0.05) is 50.2 Å². The maximum Gasteiger partial charge on any atom is 0.416 e. The van der Waals surface area contributed by atoms with Gasteiger partial charge in [0.05, 0.1) is 35.3 Å². The lowest BCUT2D eigenvalue weighted by atomic mass is 10.0. The summed E-state index contributed by atoms with van der Waals surface area (Å²) in [5, 5.41) is 5.80. The molecule has 2 aliphatic rings. The topological polar surface area (TPSA) is 63.0 Å². The summed E-state index contributed by atoms with van der Waals surface area (Å²) < 4.78 is 47.3. The molecule has 2 aromatic carbocycles. The maximum atomic E-state index is 13.5. The highest BCUT2D eigenvalue weighted by atomic mass is 35.5. The number of carbonyl (C=O) groups excluding carboxylic acids is 1. The average molecular weight is 592 g/mol. The fourth-order valence-corrected chi connectivity index (χ4v) is 6.16. The van der Waals surface area contributed by atoms with Crippen LogP contribution in [0.3, 0.4) is 0 Å². The number of hydrogen-bond donors (Lipinski definition) is 0. The number of ether oxygens (including phenoxy) is 1. The van der Waals surface area contributed by atoms with Gasteiger partial charge in [0.25, 0.3) is 5.91 Å². The van der Waals surface area contributed by atoms with Crippen molar-refractivity contribution in [2.45, 2.75) is 31.6 Å². The third-order valence-electron chi connectivity index (χ3n) is 7.29. The van der Waals surface area contributed by atoms with E-state index in [2.05, 4.69) is 19.9 Å². The lowest BCUT2D eigenvalue weighted by Gasteiger charge is -2.37. The minimum absolute atomic E-state index is 0.0278. The quantitative estimate of drug-likeness (QED) is 0.325. The molecule has 1 fully saturated rings. The van der Waals surface area contributed by atoms with Gasteiger partial charge in [-0.2, -0.15) is 23.3 Å². The minimum atomic E-state index is -4.52. The van der Waals surface area contributed by atoms with E-state index in [0.29, 0.717) is 21.6 Å². The molecule has 0 atom stereocenters. The Kier molecular flexibility index (Phi) is 8.55. The molecule has 212 valence electrons. The predicted octanol–water partition coefficient (Wildman–Crippen LogP) is 5.77. The number of aliphatic imine (C=N–C) groups is 1. The summed E-state index contributed by atoms with van der Waals surface area (Å²) in [5.41, 5.74) is 0.773.